The Morgan fingerprint density at radius 1 is 1.21 bits per heavy atom. The van der Waals surface area contributed by atoms with Gasteiger partial charge in [-0.3, -0.25) is 4.79 Å². The molecule has 0 bridgehead atoms. The molecule has 0 fully saturated rings. The van der Waals surface area contributed by atoms with E-state index in [1.807, 2.05) is 18.2 Å². The number of carbonyl (C=O) groups excluding carboxylic acids is 1. The fraction of sp³-hybridized carbons (Fsp3) is 0. The molecule has 4 nitrogen and oxygen atoms in total. The van der Waals surface area contributed by atoms with Crippen LogP contribution in [0.2, 0.25) is 5.02 Å². The zero-order valence-corrected chi connectivity index (χ0v) is 17.2. The Morgan fingerprint density at radius 2 is 1.89 bits per heavy atom. The molecular formula is C20H11BrClFN2O2S. The number of nitriles is 1. The second kappa shape index (κ2) is 9.11. The lowest BCUT2D eigenvalue weighted by atomic mass is 10.2. The average molecular weight is 478 g/mol. The number of rotatable bonds is 5. The summed E-state index contributed by atoms with van der Waals surface area (Å²) in [4.78, 5) is 13.2. The maximum Gasteiger partial charge on any atom is 0.266 e. The van der Waals surface area contributed by atoms with Crippen molar-refractivity contribution in [1.82, 2.24) is 0 Å². The van der Waals surface area contributed by atoms with E-state index < -0.39 is 11.7 Å². The summed E-state index contributed by atoms with van der Waals surface area (Å²) < 4.78 is 19.4. The number of benzene rings is 2. The first-order valence-corrected chi connectivity index (χ1v) is 9.85. The smallest absolute Gasteiger partial charge is 0.266 e. The Kier molecular flexibility index (Phi) is 6.57. The van der Waals surface area contributed by atoms with Gasteiger partial charge < -0.3 is 9.73 Å². The maximum absolute atomic E-state index is 13.0. The van der Waals surface area contributed by atoms with Crippen molar-refractivity contribution in [3.05, 3.63) is 81.2 Å². The molecule has 28 heavy (non-hydrogen) atoms. The highest BCUT2D eigenvalue weighted by Gasteiger charge is 2.14. The molecule has 3 rings (SSSR count). The molecule has 0 atom stereocenters. The van der Waals surface area contributed by atoms with E-state index in [-0.39, 0.29) is 5.57 Å². The van der Waals surface area contributed by atoms with Gasteiger partial charge in [-0.1, -0.05) is 23.4 Å². The molecule has 0 saturated heterocycles. The van der Waals surface area contributed by atoms with Crippen molar-refractivity contribution in [2.75, 3.05) is 5.32 Å². The number of halogens is 3. The molecule has 3 aromatic rings. The van der Waals surface area contributed by atoms with Crippen LogP contribution in [0.1, 0.15) is 5.76 Å². The zero-order chi connectivity index (χ0) is 20.1. The van der Waals surface area contributed by atoms with Gasteiger partial charge in [0.2, 0.25) is 0 Å². The molecule has 2 aromatic carbocycles. The Hall–Kier alpha value is -2.53. The fourth-order valence-corrected chi connectivity index (χ4v) is 3.60. The predicted octanol–water partition coefficient (Wildman–Crippen LogP) is 6.53. The normalized spacial score (nSPS) is 11.1. The van der Waals surface area contributed by atoms with Crippen LogP contribution in [-0.2, 0) is 4.79 Å². The first-order chi connectivity index (χ1) is 13.4. The van der Waals surface area contributed by atoms with Gasteiger partial charge in [-0.25, -0.2) is 4.39 Å². The second-order valence-corrected chi connectivity index (χ2v) is 7.81. The molecule has 0 spiro atoms. The summed E-state index contributed by atoms with van der Waals surface area (Å²) in [6.07, 6.45) is 1.34. The molecule has 0 aliphatic rings. The van der Waals surface area contributed by atoms with Crippen molar-refractivity contribution >= 4 is 57.0 Å². The Morgan fingerprint density at radius 3 is 2.54 bits per heavy atom. The number of carbonyl (C=O) groups is 1. The summed E-state index contributed by atoms with van der Waals surface area (Å²) in [6.45, 7) is 0. The monoisotopic (exact) mass is 476 g/mol. The molecule has 1 amide bonds. The van der Waals surface area contributed by atoms with Gasteiger partial charge in [-0.15, -0.1) is 0 Å². The van der Waals surface area contributed by atoms with Crippen LogP contribution in [-0.4, -0.2) is 5.91 Å². The molecule has 1 heterocycles. The van der Waals surface area contributed by atoms with E-state index in [1.54, 1.807) is 18.2 Å². The van der Waals surface area contributed by atoms with Gasteiger partial charge in [-0.05, 0) is 70.5 Å². The first-order valence-electron chi connectivity index (χ1n) is 7.86. The van der Waals surface area contributed by atoms with Crippen LogP contribution >= 0.6 is 39.3 Å². The number of hydrogen-bond donors (Lipinski definition) is 1. The second-order valence-electron chi connectivity index (χ2n) is 5.47. The number of anilines is 1. The van der Waals surface area contributed by atoms with Crippen molar-refractivity contribution in [2.24, 2.45) is 0 Å². The minimum atomic E-state index is -0.617. The average Bonchev–Trinajstić information content (AvgIpc) is 3.02. The Balaban J connectivity index is 1.77. The molecule has 0 aliphatic heterocycles. The summed E-state index contributed by atoms with van der Waals surface area (Å²) in [5, 5.41) is 13.1. The van der Waals surface area contributed by atoms with Crippen molar-refractivity contribution in [3.8, 4) is 6.07 Å². The van der Waals surface area contributed by atoms with Crippen LogP contribution in [0.5, 0.6) is 0 Å². The first kappa shape index (κ1) is 20.2. The van der Waals surface area contributed by atoms with Gasteiger partial charge in [0.15, 0.2) is 5.09 Å². The molecule has 0 saturated carbocycles. The van der Waals surface area contributed by atoms with Gasteiger partial charge in [0, 0.05) is 21.7 Å². The molecule has 0 aliphatic carbocycles. The lowest BCUT2D eigenvalue weighted by molar-refractivity contribution is -0.112. The fourth-order valence-electron chi connectivity index (χ4n) is 2.14. The summed E-state index contributed by atoms with van der Waals surface area (Å²) in [5.74, 6) is -0.692. The predicted molar refractivity (Wildman–Crippen MR) is 111 cm³/mol. The third kappa shape index (κ3) is 5.26. The molecular weight excluding hydrogens is 467 g/mol. The highest BCUT2D eigenvalue weighted by molar-refractivity contribution is 9.10. The van der Waals surface area contributed by atoms with Crippen LogP contribution in [0.25, 0.3) is 6.08 Å². The summed E-state index contributed by atoms with van der Waals surface area (Å²) in [7, 11) is 0. The van der Waals surface area contributed by atoms with Crippen molar-refractivity contribution in [3.63, 3.8) is 0 Å². The SMILES string of the molecule is N#CC(=Cc1cc(Br)c(Sc2ccc(Cl)cc2)o1)C(=O)Nc1ccc(F)cc1. The third-order valence-corrected chi connectivity index (χ3v) is 5.55. The maximum atomic E-state index is 13.0. The van der Waals surface area contributed by atoms with Gasteiger partial charge in [0.25, 0.3) is 5.91 Å². The van der Waals surface area contributed by atoms with Crippen LogP contribution in [0.3, 0.4) is 0 Å². The summed E-state index contributed by atoms with van der Waals surface area (Å²) >= 11 is 10.7. The van der Waals surface area contributed by atoms with E-state index in [0.717, 1.165) is 4.90 Å². The minimum absolute atomic E-state index is 0.145. The van der Waals surface area contributed by atoms with Crippen molar-refractivity contribution in [1.29, 1.82) is 5.26 Å². The molecule has 1 N–H and O–H groups in total. The topological polar surface area (TPSA) is 66.0 Å². The largest absolute Gasteiger partial charge is 0.449 e. The molecule has 0 radical (unpaired) electrons. The third-order valence-electron chi connectivity index (χ3n) is 3.45. The van der Waals surface area contributed by atoms with Gasteiger partial charge >= 0.3 is 0 Å². The number of hydrogen-bond acceptors (Lipinski definition) is 4. The number of amides is 1. The van der Waals surface area contributed by atoms with Crippen LogP contribution in [0.15, 0.2) is 79.0 Å². The Bertz CT molecular complexity index is 1070. The molecule has 1 aromatic heterocycles. The van der Waals surface area contributed by atoms with E-state index >= 15 is 0 Å². The molecule has 140 valence electrons. The molecule has 0 unspecified atom stereocenters. The highest BCUT2D eigenvalue weighted by Crippen LogP contribution is 2.36. The van der Waals surface area contributed by atoms with Crippen LogP contribution in [0.4, 0.5) is 10.1 Å². The number of furan rings is 1. The van der Waals surface area contributed by atoms with Crippen LogP contribution in [0, 0.1) is 17.1 Å². The quantitative estimate of drug-likeness (QED) is 0.335. The van der Waals surface area contributed by atoms with Gasteiger partial charge in [0.05, 0.1) is 4.47 Å². The zero-order valence-electron chi connectivity index (χ0n) is 14.1. The van der Waals surface area contributed by atoms with E-state index in [4.69, 9.17) is 16.0 Å². The van der Waals surface area contributed by atoms with E-state index in [1.165, 1.54) is 42.1 Å². The number of nitrogens with one attached hydrogen (secondary N) is 1. The Labute approximate surface area is 178 Å². The van der Waals surface area contributed by atoms with Gasteiger partial charge in [-0.2, -0.15) is 5.26 Å². The molecule has 8 heteroatoms. The van der Waals surface area contributed by atoms with Crippen molar-refractivity contribution in [2.45, 2.75) is 9.99 Å². The van der Waals surface area contributed by atoms with E-state index in [0.29, 0.717) is 26.0 Å². The van der Waals surface area contributed by atoms with E-state index in [9.17, 15) is 14.4 Å². The van der Waals surface area contributed by atoms with Crippen molar-refractivity contribution < 1.29 is 13.6 Å². The summed E-state index contributed by atoms with van der Waals surface area (Å²) in [6, 6.07) is 16.0. The van der Waals surface area contributed by atoms with Gasteiger partial charge in [0.1, 0.15) is 23.2 Å². The lowest BCUT2D eigenvalue weighted by Gasteiger charge is -2.03. The standard InChI is InChI=1S/C20H11BrClFN2O2S/c21-18-10-16(27-20(18)28-17-7-1-13(22)2-8-17)9-12(11-24)19(26)25-15-5-3-14(23)4-6-15/h1-10H,(H,25,26). The number of nitrogens with zero attached hydrogens (tertiary/aromatic N) is 1. The minimum Gasteiger partial charge on any atom is -0.449 e. The van der Waals surface area contributed by atoms with E-state index in [2.05, 4.69) is 21.2 Å². The summed E-state index contributed by atoms with van der Waals surface area (Å²) in [5.41, 5.74) is 0.237. The van der Waals surface area contributed by atoms with Crippen LogP contribution < -0.4 is 5.32 Å². The lowest BCUT2D eigenvalue weighted by Crippen LogP contribution is -2.13. The highest BCUT2D eigenvalue weighted by atomic mass is 79.9.